The maximum absolute atomic E-state index is 12.4. The Bertz CT molecular complexity index is 892. The van der Waals surface area contributed by atoms with E-state index in [9.17, 15) is 13.2 Å². The van der Waals surface area contributed by atoms with Crippen LogP contribution in [-0.2, 0) is 14.8 Å². The molecule has 6 nitrogen and oxygen atoms in total. The molecule has 0 spiro atoms. The first-order valence-electron chi connectivity index (χ1n) is 7.74. The van der Waals surface area contributed by atoms with E-state index < -0.39 is 15.9 Å². The van der Waals surface area contributed by atoms with Crippen molar-refractivity contribution >= 4 is 21.6 Å². The van der Waals surface area contributed by atoms with Gasteiger partial charge in [0.2, 0.25) is 15.9 Å². The van der Waals surface area contributed by atoms with Crippen LogP contribution in [0.3, 0.4) is 0 Å². The van der Waals surface area contributed by atoms with Crippen LogP contribution in [0, 0.1) is 20.8 Å². The lowest BCUT2D eigenvalue weighted by Crippen LogP contribution is -2.33. The van der Waals surface area contributed by atoms with Gasteiger partial charge in [0.05, 0.1) is 18.6 Å². The minimum Gasteiger partial charge on any atom is -0.497 e. The highest BCUT2D eigenvalue weighted by Gasteiger charge is 2.18. The molecule has 0 fully saturated rings. The van der Waals surface area contributed by atoms with E-state index in [2.05, 4.69) is 10.0 Å². The fraction of sp³-hybridized carbons (Fsp3) is 0.278. The molecule has 25 heavy (non-hydrogen) atoms. The van der Waals surface area contributed by atoms with Crippen molar-refractivity contribution in [3.05, 3.63) is 53.1 Å². The smallest absolute Gasteiger partial charge is 0.241 e. The minimum atomic E-state index is -3.79. The van der Waals surface area contributed by atoms with Gasteiger partial charge in [-0.1, -0.05) is 17.7 Å². The largest absolute Gasteiger partial charge is 0.497 e. The van der Waals surface area contributed by atoms with Crippen molar-refractivity contribution in [1.82, 2.24) is 4.72 Å². The van der Waals surface area contributed by atoms with Gasteiger partial charge in [0.25, 0.3) is 0 Å². The number of benzene rings is 2. The lowest BCUT2D eigenvalue weighted by atomic mass is 10.1. The Kier molecular flexibility index (Phi) is 5.81. The van der Waals surface area contributed by atoms with Gasteiger partial charge < -0.3 is 10.1 Å². The van der Waals surface area contributed by atoms with Crippen LogP contribution in [0.25, 0.3) is 0 Å². The van der Waals surface area contributed by atoms with Crippen molar-refractivity contribution < 1.29 is 17.9 Å². The van der Waals surface area contributed by atoms with E-state index in [0.29, 0.717) is 17.0 Å². The Morgan fingerprint density at radius 1 is 1.04 bits per heavy atom. The molecule has 0 aliphatic carbocycles. The standard InChI is InChI=1S/C18H22N2O4S/c1-12-5-7-16(13(2)9-12)20-18(21)11-19-25(22,23)17-8-6-15(24-4)10-14(17)3/h5-10,19H,11H2,1-4H3,(H,20,21). The lowest BCUT2D eigenvalue weighted by Gasteiger charge is -2.12. The van der Waals surface area contributed by atoms with Crippen molar-refractivity contribution in [2.24, 2.45) is 0 Å². The molecule has 0 aromatic heterocycles. The summed E-state index contributed by atoms with van der Waals surface area (Å²) in [4.78, 5) is 12.2. The summed E-state index contributed by atoms with van der Waals surface area (Å²) < 4.78 is 32.2. The van der Waals surface area contributed by atoms with E-state index in [1.54, 1.807) is 25.1 Å². The molecule has 2 aromatic carbocycles. The number of aryl methyl sites for hydroxylation is 3. The molecule has 0 saturated carbocycles. The summed E-state index contributed by atoms with van der Waals surface area (Å²) in [7, 11) is -2.27. The summed E-state index contributed by atoms with van der Waals surface area (Å²) in [6.07, 6.45) is 0. The van der Waals surface area contributed by atoms with E-state index in [-0.39, 0.29) is 11.4 Å². The molecule has 0 unspecified atom stereocenters. The van der Waals surface area contributed by atoms with Crippen LogP contribution in [0.2, 0.25) is 0 Å². The highest BCUT2D eigenvalue weighted by Crippen LogP contribution is 2.21. The van der Waals surface area contributed by atoms with Crippen LogP contribution in [0.5, 0.6) is 5.75 Å². The zero-order chi connectivity index (χ0) is 18.6. The molecule has 1 amide bonds. The number of amides is 1. The lowest BCUT2D eigenvalue weighted by molar-refractivity contribution is -0.115. The summed E-state index contributed by atoms with van der Waals surface area (Å²) in [6, 6.07) is 10.3. The molecule has 2 rings (SSSR count). The third-order valence-electron chi connectivity index (χ3n) is 3.75. The summed E-state index contributed by atoms with van der Waals surface area (Å²) in [5, 5.41) is 2.71. The van der Waals surface area contributed by atoms with Gasteiger partial charge in [-0.15, -0.1) is 0 Å². The van der Waals surface area contributed by atoms with Gasteiger partial charge in [-0.3, -0.25) is 4.79 Å². The molecule has 0 aliphatic rings. The number of anilines is 1. The molecule has 2 N–H and O–H groups in total. The topological polar surface area (TPSA) is 84.5 Å². The van der Waals surface area contributed by atoms with E-state index in [4.69, 9.17) is 4.74 Å². The molecule has 0 saturated heterocycles. The van der Waals surface area contributed by atoms with Gasteiger partial charge in [-0.2, -0.15) is 0 Å². The first-order valence-corrected chi connectivity index (χ1v) is 9.22. The number of sulfonamides is 1. The second-order valence-corrected chi connectivity index (χ2v) is 7.56. The fourth-order valence-corrected chi connectivity index (χ4v) is 3.64. The van der Waals surface area contributed by atoms with Crippen molar-refractivity contribution in [2.75, 3.05) is 19.0 Å². The number of hydrogen-bond donors (Lipinski definition) is 2. The monoisotopic (exact) mass is 362 g/mol. The van der Waals surface area contributed by atoms with Gasteiger partial charge in [0.1, 0.15) is 5.75 Å². The van der Waals surface area contributed by atoms with Crippen molar-refractivity contribution in [3.8, 4) is 5.75 Å². The molecule has 0 bridgehead atoms. The van der Waals surface area contributed by atoms with Crippen LogP contribution >= 0.6 is 0 Å². The van der Waals surface area contributed by atoms with Crippen molar-refractivity contribution in [2.45, 2.75) is 25.7 Å². The van der Waals surface area contributed by atoms with E-state index >= 15 is 0 Å². The van der Waals surface area contributed by atoms with Gasteiger partial charge >= 0.3 is 0 Å². The number of methoxy groups -OCH3 is 1. The average molecular weight is 362 g/mol. The number of nitrogens with one attached hydrogen (secondary N) is 2. The number of ether oxygens (including phenoxy) is 1. The second kappa shape index (κ2) is 7.67. The van der Waals surface area contributed by atoms with Crippen molar-refractivity contribution in [1.29, 1.82) is 0 Å². The van der Waals surface area contributed by atoms with E-state index in [0.717, 1.165) is 11.1 Å². The average Bonchev–Trinajstić information content (AvgIpc) is 2.55. The molecule has 0 heterocycles. The van der Waals surface area contributed by atoms with Crippen LogP contribution in [0.1, 0.15) is 16.7 Å². The second-order valence-electron chi connectivity index (χ2n) is 5.82. The number of carbonyl (C=O) groups excluding carboxylic acids is 1. The number of carbonyl (C=O) groups is 1. The molecule has 0 aliphatic heterocycles. The normalized spacial score (nSPS) is 11.2. The van der Waals surface area contributed by atoms with E-state index in [1.165, 1.54) is 13.2 Å². The SMILES string of the molecule is COc1ccc(S(=O)(=O)NCC(=O)Nc2ccc(C)cc2C)c(C)c1. The predicted molar refractivity (Wildman–Crippen MR) is 97.5 cm³/mol. The minimum absolute atomic E-state index is 0.118. The maximum Gasteiger partial charge on any atom is 0.241 e. The zero-order valence-corrected chi connectivity index (χ0v) is 15.5. The first-order chi connectivity index (χ1) is 11.7. The van der Waals surface area contributed by atoms with E-state index in [1.807, 2.05) is 26.0 Å². The Hall–Kier alpha value is -2.38. The van der Waals surface area contributed by atoms with Crippen LogP contribution < -0.4 is 14.8 Å². The molecule has 0 atom stereocenters. The highest BCUT2D eigenvalue weighted by atomic mass is 32.2. The number of rotatable bonds is 6. The van der Waals surface area contributed by atoms with Crippen LogP contribution in [0.15, 0.2) is 41.3 Å². The molecule has 0 radical (unpaired) electrons. The predicted octanol–water partition coefficient (Wildman–Crippen LogP) is 2.54. The van der Waals surface area contributed by atoms with Gasteiger partial charge in [-0.25, -0.2) is 13.1 Å². The molecule has 7 heteroatoms. The third kappa shape index (κ3) is 4.80. The fourth-order valence-electron chi connectivity index (χ4n) is 2.44. The third-order valence-corrected chi connectivity index (χ3v) is 5.31. The Balaban J connectivity index is 2.05. The summed E-state index contributed by atoms with van der Waals surface area (Å²) in [5.74, 6) is 0.144. The van der Waals surface area contributed by atoms with Gasteiger partial charge in [0, 0.05) is 5.69 Å². The Morgan fingerprint density at radius 3 is 2.36 bits per heavy atom. The summed E-state index contributed by atoms with van der Waals surface area (Å²) in [5.41, 5.74) is 3.21. The summed E-state index contributed by atoms with van der Waals surface area (Å²) >= 11 is 0. The maximum atomic E-state index is 12.4. The molecule has 134 valence electrons. The Labute approximate surface area is 148 Å². The number of hydrogen-bond acceptors (Lipinski definition) is 4. The van der Waals surface area contributed by atoms with Gasteiger partial charge in [-0.05, 0) is 56.2 Å². The quantitative estimate of drug-likeness (QED) is 0.827. The molecule has 2 aromatic rings. The van der Waals surface area contributed by atoms with Crippen LogP contribution in [-0.4, -0.2) is 28.0 Å². The highest BCUT2D eigenvalue weighted by molar-refractivity contribution is 7.89. The Morgan fingerprint density at radius 2 is 1.76 bits per heavy atom. The van der Waals surface area contributed by atoms with Crippen LogP contribution in [0.4, 0.5) is 5.69 Å². The van der Waals surface area contributed by atoms with Crippen molar-refractivity contribution in [3.63, 3.8) is 0 Å². The molecular formula is C18H22N2O4S. The summed E-state index contributed by atoms with van der Waals surface area (Å²) in [6.45, 7) is 5.17. The first kappa shape index (κ1) is 19.0. The zero-order valence-electron chi connectivity index (χ0n) is 14.7. The molecular weight excluding hydrogens is 340 g/mol. The van der Waals surface area contributed by atoms with Gasteiger partial charge in [0.15, 0.2) is 0 Å².